The van der Waals surface area contributed by atoms with Crippen LogP contribution in [0.25, 0.3) is 11.4 Å². The van der Waals surface area contributed by atoms with Crippen LogP contribution in [0.1, 0.15) is 25.7 Å². The molecular weight excluding hydrogens is 252 g/mol. The lowest BCUT2D eigenvalue weighted by atomic mass is 9.84. The maximum atomic E-state index is 5.88. The third-order valence-electron chi connectivity index (χ3n) is 4.03. The van der Waals surface area contributed by atoms with E-state index in [0.717, 1.165) is 17.8 Å². The molecule has 0 bridgehead atoms. The zero-order valence-electron chi connectivity index (χ0n) is 11.4. The number of benzene rings is 1. The standard InChI is InChI=1S/C14H20N6/c15-9-11-4-1-2-7-13(11)16-12-6-3-5-10(8-12)14-17-19-20-18-14/h3,5-6,8,11,13,16H,1-2,4,7,9,15H2,(H,17,18,19,20). The first-order valence-electron chi connectivity index (χ1n) is 7.17. The summed E-state index contributed by atoms with van der Waals surface area (Å²) in [7, 11) is 0. The summed E-state index contributed by atoms with van der Waals surface area (Å²) < 4.78 is 0. The van der Waals surface area contributed by atoms with E-state index in [-0.39, 0.29) is 0 Å². The summed E-state index contributed by atoms with van der Waals surface area (Å²) in [5, 5.41) is 17.7. The van der Waals surface area contributed by atoms with Crippen LogP contribution >= 0.6 is 0 Å². The Bertz CT molecular complexity index is 538. The van der Waals surface area contributed by atoms with Crippen molar-refractivity contribution in [2.45, 2.75) is 31.7 Å². The minimum absolute atomic E-state index is 0.467. The molecule has 1 fully saturated rings. The number of tetrazole rings is 1. The van der Waals surface area contributed by atoms with Gasteiger partial charge in [-0.2, -0.15) is 5.21 Å². The minimum atomic E-state index is 0.467. The van der Waals surface area contributed by atoms with E-state index in [2.05, 4.69) is 38.1 Å². The topological polar surface area (TPSA) is 92.5 Å². The van der Waals surface area contributed by atoms with Crippen LogP contribution in [0, 0.1) is 5.92 Å². The third kappa shape index (κ3) is 2.80. The van der Waals surface area contributed by atoms with Crippen molar-refractivity contribution in [3.8, 4) is 11.4 Å². The van der Waals surface area contributed by atoms with Gasteiger partial charge in [0, 0.05) is 17.3 Å². The van der Waals surface area contributed by atoms with Crippen molar-refractivity contribution in [1.29, 1.82) is 0 Å². The maximum absolute atomic E-state index is 5.88. The molecule has 0 amide bonds. The van der Waals surface area contributed by atoms with Crippen molar-refractivity contribution in [1.82, 2.24) is 20.6 Å². The van der Waals surface area contributed by atoms with E-state index in [1.807, 2.05) is 12.1 Å². The Labute approximate surface area is 118 Å². The molecule has 1 aliphatic rings. The number of nitrogens with one attached hydrogen (secondary N) is 2. The molecule has 20 heavy (non-hydrogen) atoms. The fourth-order valence-electron chi connectivity index (χ4n) is 2.93. The largest absolute Gasteiger partial charge is 0.382 e. The second-order valence-electron chi connectivity index (χ2n) is 5.35. The highest BCUT2D eigenvalue weighted by atomic mass is 15.5. The number of anilines is 1. The van der Waals surface area contributed by atoms with Crippen molar-refractivity contribution >= 4 is 5.69 Å². The van der Waals surface area contributed by atoms with Gasteiger partial charge in [-0.25, -0.2) is 0 Å². The summed E-state index contributed by atoms with van der Waals surface area (Å²) in [5.74, 6) is 1.19. The van der Waals surface area contributed by atoms with E-state index in [0.29, 0.717) is 17.8 Å². The lowest BCUT2D eigenvalue weighted by molar-refractivity contribution is 0.332. The van der Waals surface area contributed by atoms with E-state index in [9.17, 15) is 0 Å². The molecular formula is C14H20N6. The molecule has 0 radical (unpaired) electrons. The number of nitrogens with zero attached hydrogens (tertiary/aromatic N) is 3. The molecule has 3 rings (SSSR count). The zero-order chi connectivity index (χ0) is 13.8. The average Bonchev–Trinajstić information content (AvgIpc) is 3.02. The highest BCUT2D eigenvalue weighted by molar-refractivity contribution is 5.62. The third-order valence-corrected chi connectivity index (χ3v) is 4.03. The van der Waals surface area contributed by atoms with E-state index in [4.69, 9.17) is 5.73 Å². The molecule has 2 atom stereocenters. The van der Waals surface area contributed by atoms with Gasteiger partial charge < -0.3 is 11.1 Å². The van der Waals surface area contributed by atoms with Gasteiger partial charge in [0.15, 0.2) is 0 Å². The molecule has 1 heterocycles. The number of aromatic nitrogens is 4. The van der Waals surface area contributed by atoms with Gasteiger partial charge in [0.2, 0.25) is 5.82 Å². The summed E-state index contributed by atoms with van der Waals surface area (Å²) in [6.07, 6.45) is 4.98. The molecule has 1 aromatic heterocycles. The first-order valence-corrected chi connectivity index (χ1v) is 7.17. The SMILES string of the molecule is NCC1CCCCC1Nc1cccc(-c2nn[nH]n2)c1. The van der Waals surface area contributed by atoms with E-state index in [1.165, 1.54) is 25.7 Å². The molecule has 4 N–H and O–H groups in total. The van der Waals surface area contributed by atoms with Crippen molar-refractivity contribution in [3.63, 3.8) is 0 Å². The molecule has 1 aliphatic carbocycles. The predicted octanol–water partition coefficient (Wildman–Crippen LogP) is 1.80. The molecule has 2 aromatic rings. The van der Waals surface area contributed by atoms with Crippen LogP contribution < -0.4 is 11.1 Å². The number of hydrogen-bond donors (Lipinski definition) is 3. The van der Waals surface area contributed by atoms with Gasteiger partial charge in [0.1, 0.15) is 0 Å². The fourth-order valence-corrected chi connectivity index (χ4v) is 2.93. The van der Waals surface area contributed by atoms with Crippen LogP contribution in [0.3, 0.4) is 0 Å². The second-order valence-corrected chi connectivity index (χ2v) is 5.35. The van der Waals surface area contributed by atoms with Gasteiger partial charge >= 0.3 is 0 Å². The van der Waals surface area contributed by atoms with Crippen molar-refractivity contribution < 1.29 is 0 Å². The van der Waals surface area contributed by atoms with Crippen LogP contribution in [0.4, 0.5) is 5.69 Å². The fraction of sp³-hybridized carbons (Fsp3) is 0.500. The second kappa shape index (κ2) is 6.00. The van der Waals surface area contributed by atoms with Gasteiger partial charge in [-0.3, -0.25) is 0 Å². The summed E-state index contributed by atoms with van der Waals surface area (Å²) in [6.45, 7) is 0.752. The molecule has 2 unspecified atom stereocenters. The number of rotatable bonds is 4. The molecule has 106 valence electrons. The quantitative estimate of drug-likeness (QED) is 0.789. The van der Waals surface area contributed by atoms with Gasteiger partial charge in [-0.05, 0) is 42.7 Å². The van der Waals surface area contributed by atoms with E-state index in [1.54, 1.807) is 0 Å². The molecule has 0 aliphatic heterocycles. The summed E-state index contributed by atoms with van der Waals surface area (Å²) in [6, 6.07) is 8.60. The zero-order valence-corrected chi connectivity index (χ0v) is 11.4. The Morgan fingerprint density at radius 1 is 1.30 bits per heavy atom. The van der Waals surface area contributed by atoms with Crippen LogP contribution in [-0.4, -0.2) is 33.2 Å². The molecule has 1 aromatic carbocycles. The summed E-state index contributed by atoms with van der Waals surface area (Å²) in [5.41, 5.74) is 7.94. The van der Waals surface area contributed by atoms with Crippen molar-refractivity contribution in [2.75, 3.05) is 11.9 Å². The summed E-state index contributed by atoms with van der Waals surface area (Å²) in [4.78, 5) is 0. The lowest BCUT2D eigenvalue weighted by Gasteiger charge is -2.32. The highest BCUT2D eigenvalue weighted by Crippen LogP contribution is 2.27. The number of hydrogen-bond acceptors (Lipinski definition) is 5. The normalized spacial score (nSPS) is 22.6. The Morgan fingerprint density at radius 2 is 2.20 bits per heavy atom. The van der Waals surface area contributed by atoms with Crippen molar-refractivity contribution in [3.05, 3.63) is 24.3 Å². The molecule has 1 saturated carbocycles. The van der Waals surface area contributed by atoms with Gasteiger partial charge in [0.05, 0.1) is 0 Å². The van der Waals surface area contributed by atoms with Crippen LogP contribution in [-0.2, 0) is 0 Å². The van der Waals surface area contributed by atoms with Crippen LogP contribution in [0.2, 0.25) is 0 Å². The first kappa shape index (κ1) is 13.1. The van der Waals surface area contributed by atoms with E-state index < -0.39 is 0 Å². The number of nitrogens with two attached hydrogens (primary N) is 1. The van der Waals surface area contributed by atoms with Gasteiger partial charge in [0.25, 0.3) is 0 Å². The maximum Gasteiger partial charge on any atom is 0.204 e. The predicted molar refractivity (Wildman–Crippen MR) is 78.0 cm³/mol. The minimum Gasteiger partial charge on any atom is -0.382 e. The molecule has 0 saturated heterocycles. The van der Waals surface area contributed by atoms with Crippen LogP contribution in [0.15, 0.2) is 24.3 Å². The molecule has 6 nitrogen and oxygen atoms in total. The van der Waals surface area contributed by atoms with Gasteiger partial charge in [-0.1, -0.05) is 25.0 Å². The van der Waals surface area contributed by atoms with Crippen LogP contribution in [0.5, 0.6) is 0 Å². The smallest absolute Gasteiger partial charge is 0.204 e. The Hall–Kier alpha value is -1.95. The lowest BCUT2D eigenvalue weighted by Crippen LogP contribution is -2.36. The summed E-state index contributed by atoms with van der Waals surface area (Å²) >= 11 is 0. The highest BCUT2D eigenvalue weighted by Gasteiger charge is 2.23. The van der Waals surface area contributed by atoms with Gasteiger partial charge in [-0.15, -0.1) is 10.2 Å². The average molecular weight is 272 g/mol. The number of H-pyrrole nitrogens is 1. The first-order chi connectivity index (χ1) is 9.86. The Balaban J connectivity index is 1.75. The van der Waals surface area contributed by atoms with E-state index >= 15 is 0 Å². The molecule has 6 heteroatoms. The number of aromatic amines is 1. The van der Waals surface area contributed by atoms with Crippen molar-refractivity contribution in [2.24, 2.45) is 11.7 Å². The Morgan fingerprint density at radius 3 is 3.00 bits per heavy atom. The Kier molecular flexibility index (Phi) is 3.92. The molecule has 0 spiro atoms. The monoisotopic (exact) mass is 272 g/mol.